The third kappa shape index (κ3) is 1.46. The molecule has 3 rings (SSSR count). The number of rotatable bonds is 2. The predicted octanol–water partition coefficient (Wildman–Crippen LogP) is 2.31. The second kappa shape index (κ2) is 3.99. The number of hydrogen-bond donors (Lipinski definition) is 1. The Morgan fingerprint density at radius 3 is 2.94 bits per heavy atom. The van der Waals surface area contributed by atoms with E-state index in [1.807, 2.05) is 0 Å². The Morgan fingerprint density at radius 2 is 2.28 bits per heavy atom. The van der Waals surface area contributed by atoms with Crippen LogP contribution < -0.4 is 19.9 Å². The number of ether oxygens (including phenoxy) is 3. The van der Waals surface area contributed by atoms with Gasteiger partial charge in [0.2, 0.25) is 12.7 Å². The van der Waals surface area contributed by atoms with Crippen molar-refractivity contribution in [2.75, 3.05) is 19.6 Å². The fraction of sp³-hybridized carbons (Fsp3) is 0.182. The van der Waals surface area contributed by atoms with Gasteiger partial charge in [0.1, 0.15) is 5.75 Å². The van der Waals surface area contributed by atoms with Crippen LogP contribution in [0.3, 0.4) is 0 Å². The largest absolute Gasteiger partial charge is 0.494 e. The van der Waals surface area contributed by atoms with E-state index < -0.39 is 0 Å². The van der Waals surface area contributed by atoms with Crippen molar-refractivity contribution < 1.29 is 18.7 Å². The molecule has 6 nitrogen and oxygen atoms in total. The van der Waals surface area contributed by atoms with Gasteiger partial charge in [-0.25, -0.2) is 0 Å². The molecule has 2 N–H and O–H groups in total. The van der Waals surface area contributed by atoms with Crippen LogP contribution in [-0.4, -0.2) is 19.1 Å². The fourth-order valence-corrected chi connectivity index (χ4v) is 2.15. The summed E-state index contributed by atoms with van der Waals surface area (Å²) >= 11 is 6.13. The minimum absolute atomic E-state index is 0.122. The Morgan fingerprint density at radius 1 is 1.44 bits per heavy atom. The van der Waals surface area contributed by atoms with Crippen molar-refractivity contribution >= 4 is 17.5 Å². The summed E-state index contributed by atoms with van der Waals surface area (Å²) in [6, 6.07) is 1.63. The lowest BCUT2D eigenvalue weighted by Crippen LogP contribution is -1.95. The van der Waals surface area contributed by atoms with Crippen LogP contribution >= 0.6 is 11.6 Å². The van der Waals surface area contributed by atoms with Crippen molar-refractivity contribution in [3.63, 3.8) is 0 Å². The van der Waals surface area contributed by atoms with Gasteiger partial charge in [-0.1, -0.05) is 16.8 Å². The summed E-state index contributed by atoms with van der Waals surface area (Å²) in [7, 11) is 1.51. The normalized spacial score (nSPS) is 12.8. The molecule has 0 saturated heterocycles. The third-order valence-corrected chi connectivity index (χ3v) is 2.92. The van der Waals surface area contributed by atoms with Gasteiger partial charge in [0.25, 0.3) is 0 Å². The van der Waals surface area contributed by atoms with Crippen molar-refractivity contribution in [1.29, 1.82) is 0 Å². The predicted molar refractivity (Wildman–Crippen MR) is 64.0 cm³/mol. The van der Waals surface area contributed by atoms with Gasteiger partial charge < -0.3 is 24.5 Å². The van der Waals surface area contributed by atoms with Crippen molar-refractivity contribution in [1.82, 2.24) is 5.16 Å². The molecule has 1 aliphatic rings. The number of hydrogen-bond acceptors (Lipinski definition) is 6. The summed E-state index contributed by atoms with van der Waals surface area (Å²) in [5, 5.41) is 4.03. The number of aromatic nitrogens is 1. The highest BCUT2D eigenvalue weighted by atomic mass is 35.5. The van der Waals surface area contributed by atoms with Crippen LogP contribution in [0.4, 0.5) is 5.88 Å². The molecule has 0 atom stereocenters. The van der Waals surface area contributed by atoms with E-state index in [9.17, 15) is 0 Å². The van der Waals surface area contributed by atoms with E-state index in [1.165, 1.54) is 13.3 Å². The maximum atomic E-state index is 6.13. The number of benzene rings is 1. The van der Waals surface area contributed by atoms with E-state index in [0.29, 0.717) is 33.4 Å². The third-order valence-electron chi connectivity index (χ3n) is 2.64. The molecule has 94 valence electrons. The quantitative estimate of drug-likeness (QED) is 0.900. The van der Waals surface area contributed by atoms with Gasteiger partial charge in [-0.2, -0.15) is 0 Å². The summed E-state index contributed by atoms with van der Waals surface area (Å²) in [6.07, 6.45) is 1.48. The van der Waals surface area contributed by atoms with E-state index in [0.717, 1.165) is 0 Å². The second-order valence-electron chi connectivity index (χ2n) is 3.60. The SMILES string of the molecule is COc1c(Cl)cc2c(c1-c1cnoc1N)OCO2. The molecule has 0 radical (unpaired) electrons. The maximum Gasteiger partial charge on any atom is 0.231 e. The smallest absolute Gasteiger partial charge is 0.231 e. The van der Waals surface area contributed by atoms with Crippen LogP contribution in [0, 0.1) is 0 Å². The van der Waals surface area contributed by atoms with Gasteiger partial charge >= 0.3 is 0 Å². The summed E-state index contributed by atoms with van der Waals surface area (Å²) < 4.78 is 20.9. The van der Waals surface area contributed by atoms with Crippen LogP contribution in [0.5, 0.6) is 17.2 Å². The zero-order chi connectivity index (χ0) is 12.7. The van der Waals surface area contributed by atoms with E-state index in [2.05, 4.69) is 5.16 Å². The molecular formula is C11H9ClN2O4. The summed E-state index contributed by atoms with van der Waals surface area (Å²) in [5.41, 5.74) is 6.85. The van der Waals surface area contributed by atoms with E-state index in [1.54, 1.807) is 6.07 Å². The minimum Gasteiger partial charge on any atom is -0.494 e. The zero-order valence-electron chi connectivity index (χ0n) is 9.40. The molecule has 2 heterocycles. The molecular weight excluding hydrogens is 260 g/mol. The average Bonchev–Trinajstić information content (AvgIpc) is 2.96. The Balaban J connectivity index is 2.33. The topological polar surface area (TPSA) is 79.7 Å². The van der Waals surface area contributed by atoms with Crippen molar-refractivity contribution in [2.24, 2.45) is 0 Å². The van der Waals surface area contributed by atoms with Gasteiger partial charge in [-0.3, -0.25) is 0 Å². The van der Waals surface area contributed by atoms with Gasteiger partial charge in [-0.15, -0.1) is 0 Å². The Hall–Kier alpha value is -2.08. The van der Waals surface area contributed by atoms with Gasteiger partial charge in [-0.05, 0) is 0 Å². The first-order chi connectivity index (χ1) is 8.72. The Kier molecular flexibility index (Phi) is 2.45. The number of halogens is 1. The zero-order valence-corrected chi connectivity index (χ0v) is 10.2. The van der Waals surface area contributed by atoms with Crippen LogP contribution in [0.2, 0.25) is 5.02 Å². The maximum absolute atomic E-state index is 6.13. The van der Waals surface area contributed by atoms with Crippen molar-refractivity contribution in [2.45, 2.75) is 0 Å². The molecule has 7 heteroatoms. The molecule has 1 aliphatic heterocycles. The molecule has 2 aromatic rings. The molecule has 1 aromatic carbocycles. The first-order valence-corrected chi connectivity index (χ1v) is 5.46. The highest BCUT2D eigenvalue weighted by Gasteiger charge is 2.28. The van der Waals surface area contributed by atoms with Gasteiger partial charge in [0.05, 0.1) is 29.5 Å². The number of nitrogens with two attached hydrogens (primary N) is 1. The lowest BCUT2D eigenvalue weighted by molar-refractivity contribution is 0.174. The minimum atomic E-state index is 0.122. The molecule has 0 bridgehead atoms. The molecule has 0 fully saturated rings. The molecule has 0 amide bonds. The molecule has 1 aromatic heterocycles. The summed E-state index contributed by atoms with van der Waals surface area (Å²) in [5.74, 6) is 1.66. The summed E-state index contributed by atoms with van der Waals surface area (Å²) in [4.78, 5) is 0. The highest BCUT2D eigenvalue weighted by Crippen LogP contribution is 2.51. The van der Waals surface area contributed by atoms with Crippen LogP contribution in [0.1, 0.15) is 0 Å². The second-order valence-corrected chi connectivity index (χ2v) is 4.01. The number of fused-ring (bicyclic) bond motifs is 1. The first kappa shape index (κ1) is 11.0. The van der Waals surface area contributed by atoms with Crippen molar-refractivity contribution in [3.8, 4) is 28.4 Å². The molecule has 18 heavy (non-hydrogen) atoms. The summed E-state index contributed by atoms with van der Waals surface area (Å²) in [6.45, 7) is 0.122. The van der Waals surface area contributed by atoms with E-state index in [4.69, 9.17) is 36.1 Å². The highest BCUT2D eigenvalue weighted by molar-refractivity contribution is 6.33. The van der Waals surface area contributed by atoms with Gasteiger partial charge in [0.15, 0.2) is 11.5 Å². The molecule has 0 unspecified atom stereocenters. The lowest BCUT2D eigenvalue weighted by atomic mass is 10.1. The van der Waals surface area contributed by atoms with Crippen LogP contribution in [0.25, 0.3) is 11.1 Å². The first-order valence-electron chi connectivity index (χ1n) is 5.09. The van der Waals surface area contributed by atoms with Crippen molar-refractivity contribution in [3.05, 3.63) is 17.3 Å². The lowest BCUT2D eigenvalue weighted by Gasteiger charge is -2.11. The fourth-order valence-electron chi connectivity index (χ4n) is 1.87. The standard InChI is InChI=1S/C11H9ClN2O4/c1-15-9-6(12)2-7-10(17-4-16-7)8(9)5-3-14-18-11(5)13/h2-3H,4,13H2,1H3. The number of nitrogen functional groups attached to an aromatic ring is 1. The van der Waals surface area contributed by atoms with Crippen LogP contribution in [0.15, 0.2) is 16.8 Å². The molecule has 0 saturated carbocycles. The number of anilines is 1. The van der Waals surface area contributed by atoms with Crippen LogP contribution in [-0.2, 0) is 0 Å². The van der Waals surface area contributed by atoms with E-state index in [-0.39, 0.29) is 12.7 Å². The average molecular weight is 269 g/mol. The molecule has 0 aliphatic carbocycles. The Bertz CT molecular complexity index is 608. The number of nitrogens with zero attached hydrogens (tertiary/aromatic N) is 1. The van der Waals surface area contributed by atoms with Gasteiger partial charge in [0, 0.05) is 6.07 Å². The monoisotopic (exact) mass is 268 g/mol. The number of methoxy groups -OCH3 is 1. The van der Waals surface area contributed by atoms with E-state index >= 15 is 0 Å². The molecule has 0 spiro atoms. The Labute approximate surface area is 107 Å².